The summed E-state index contributed by atoms with van der Waals surface area (Å²) in [4.78, 5) is 15.5. The van der Waals surface area contributed by atoms with E-state index in [1.54, 1.807) is 17.0 Å². The molecule has 0 bridgehead atoms. The van der Waals surface area contributed by atoms with Gasteiger partial charge >= 0.3 is 6.03 Å². The van der Waals surface area contributed by atoms with Crippen LogP contribution in [-0.4, -0.2) is 43.7 Å². The van der Waals surface area contributed by atoms with Crippen molar-refractivity contribution in [2.24, 2.45) is 0 Å². The van der Waals surface area contributed by atoms with E-state index in [1.165, 1.54) is 22.6 Å². The van der Waals surface area contributed by atoms with Gasteiger partial charge in [-0.15, -0.1) is 0 Å². The first-order valence-electron chi connectivity index (χ1n) is 8.57. The topological polar surface area (TPSA) is 36.8 Å². The molecule has 1 saturated heterocycles. The lowest BCUT2D eigenvalue weighted by Gasteiger charge is -2.31. The molecule has 3 rings (SSSR count). The van der Waals surface area contributed by atoms with E-state index < -0.39 is 0 Å². The highest BCUT2D eigenvalue weighted by molar-refractivity contribution is 5.89. The normalized spacial score (nSPS) is 15.5. The largest absolute Gasteiger partial charge is 0.329 e. The predicted octanol–water partition coefficient (Wildman–Crippen LogP) is 2.27. The summed E-state index contributed by atoms with van der Waals surface area (Å²) in [6.07, 6.45) is 4.32. The van der Waals surface area contributed by atoms with Crippen LogP contribution in [0.3, 0.4) is 0 Å². The number of anilines is 1. The number of hydrogen-bond acceptors (Lipinski definition) is 1. The number of amides is 2. The molecule has 130 valence electrons. The first-order valence-corrected chi connectivity index (χ1v) is 8.57. The van der Waals surface area contributed by atoms with Gasteiger partial charge in [0.05, 0.1) is 32.7 Å². The summed E-state index contributed by atoms with van der Waals surface area (Å²) in [7, 11) is 0. The molecule has 2 N–H and O–H groups in total. The summed E-state index contributed by atoms with van der Waals surface area (Å²) in [5.41, 5.74) is 1.69. The van der Waals surface area contributed by atoms with E-state index in [0.29, 0.717) is 18.8 Å². The van der Waals surface area contributed by atoms with Gasteiger partial charge in [-0.05, 0) is 29.8 Å². The quantitative estimate of drug-likeness (QED) is 0.880. The first kappa shape index (κ1) is 17.2. The minimum absolute atomic E-state index is 0.163. The van der Waals surface area contributed by atoms with Gasteiger partial charge in [0.15, 0.2) is 0 Å². The molecule has 0 aliphatic carbocycles. The molecular weight excluding hydrogens is 317 g/mol. The minimum Gasteiger partial charge on any atom is -0.329 e. The number of carbonyl (C=O) groups excluding carboxylic acids is 1. The predicted molar refractivity (Wildman–Crippen MR) is 98.0 cm³/mol. The van der Waals surface area contributed by atoms with Crippen molar-refractivity contribution in [1.29, 1.82) is 0 Å². The molecule has 2 aromatic rings. The van der Waals surface area contributed by atoms with E-state index in [4.69, 9.17) is 0 Å². The van der Waals surface area contributed by atoms with Crippen molar-refractivity contribution >= 4 is 17.8 Å². The summed E-state index contributed by atoms with van der Waals surface area (Å²) in [5.74, 6) is -0.350. The smallest absolute Gasteiger partial charge is 0.322 e. The molecule has 1 heterocycles. The fraction of sp³-hybridized carbons (Fsp3) is 0.250. The molecule has 0 saturated carbocycles. The molecule has 5 heteroatoms. The molecule has 1 aliphatic heterocycles. The number of benzene rings is 2. The van der Waals surface area contributed by atoms with Gasteiger partial charge in [-0.3, -0.25) is 0 Å². The molecule has 0 radical (unpaired) electrons. The third-order valence-corrected chi connectivity index (χ3v) is 4.35. The summed E-state index contributed by atoms with van der Waals surface area (Å²) >= 11 is 0. The van der Waals surface area contributed by atoms with Crippen LogP contribution in [-0.2, 0) is 0 Å². The lowest BCUT2D eigenvalue weighted by Crippen LogP contribution is -3.14. The van der Waals surface area contributed by atoms with Gasteiger partial charge in [0.2, 0.25) is 0 Å². The Bertz CT molecular complexity index is 725. The molecule has 25 heavy (non-hydrogen) atoms. The summed E-state index contributed by atoms with van der Waals surface area (Å²) in [6, 6.07) is 16.0. The van der Waals surface area contributed by atoms with Crippen LogP contribution in [0.15, 0.2) is 60.7 Å². The van der Waals surface area contributed by atoms with Crippen LogP contribution in [0.25, 0.3) is 6.08 Å². The number of urea groups is 1. The zero-order chi connectivity index (χ0) is 17.5. The number of hydrogen-bond donors (Lipinski definition) is 2. The van der Waals surface area contributed by atoms with Gasteiger partial charge in [-0.25, -0.2) is 9.18 Å². The van der Waals surface area contributed by atoms with Gasteiger partial charge in [0, 0.05) is 5.69 Å². The Morgan fingerprint density at radius 3 is 2.60 bits per heavy atom. The molecular formula is C20H23FN3O+. The zero-order valence-corrected chi connectivity index (χ0v) is 14.1. The van der Waals surface area contributed by atoms with E-state index >= 15 is 0 Å². The number of carbonyl (C=O) groups is 1. The number of quaternary nitrogens is 1. The van der Waals surface area contributed by atoms with Crippen LogP contribution >= 0.6 is 0 Å². The van der Waals surface area contributed by atoms with Gasteiger partial charge < -0.3 is 15.1 Å². The van der Waals surface area contributed by atoms with E-state index in [-0.39, 0.29) is 11.8 Å². The van der Waals surface area contributed by atoms with Crippen LogP contribution in [0.4, 0.5) is 14.9 Å². The second-order valence-corrected chi connectivity index (χ2v) is 6.19. The van der Waals surface area contributed by atoms with E-state index in [9.17, 15) is 9.18 Å². The maximum absolute atomic E-state index is 13.2. The molecule has 2 aromatic carbocycles. The molecule has 0 atom stereocenters. The van der Waals surface area contributed by atoms with Crippen molar-refractivity contribution in [2.45, 2.75) is 0 Å². The minimum atomic E-state index is -0.350. The van der Waals surface area contributed by atoms with Crippen molar-refractivity contribution in [2.75, 3.05) is 38.0 Å². The van der Waals surface area contributed by atoms with Gasteiger partial charge in [0.25, 0.3) is 0 Å². The SMILES string of the molecule is O=C(Nc1cccc(F)c1)N1CC[NH+](C/C=C/c2ccccc2)CC1. The molecule has 2 amide bonds. The Kier molecular flexibility index (Phi) is 5.80. The third-order valence-electron chi connectivity index (χ3n) is 4.35. The zero-order valence-electron chi connectivity index (χ0n) is 14.1. The number of piperazine rings is 1. The second-order valence-electron chi connectivity index (χ2n) is 6.19. The highest BCUT2D eigenvalue weighted by Gasteiger charge is 2.22. The van der Waals surface area contributed by atoms with Crippen LogP contribution in [0, 0.1) is 5.82 Å². The van der Waals surface area contributed by atoms with Crippen LogP contribution < -0.4 is 10.2 Å². The van der Waals surface area contributed by atoms with Crippen molar-refractivity contribution in [3.05, 3.63) is 72.1 Å². The molecule has 0 unspecified atom stereocenters. The third kappa shape index (κ3) is 5.16. The average molecular weight is 340 g/mol. The fourth-order valence-electron chi connectivity index (χ4n) is 2.92. The summed E-state index contributed by atoms with van der Waals surface area (Å²) < 4.78 is 13.2. The number of nitrogens with zero attached hydrogens (tertiary/aromatic N) is 1. The molecule has 1 aliphatic rings. The Labute approximate surface area is 147 Å². The maximum atomic E-state index is 13.2. The Hall–Kier alpha value is -2.66. The lowest BCUT2D eigenvalue weighted by atomic mass is 10.2. The Morgan fingerprint density at radius 1 is 1.12 bits per heavy atom. The highest BCUT2D eigenvalue weighted by Crippen LogP contribution is 2.10. The van der Waals surface area contributed by atoms with Crippen molar-refractivity contribution in [3.8, 4) is 0 Å². The summed E-state index contributed by atoms with van der Waals surface area (Å²) in [5, 5.41) is 2.76. The van der Waals surface area contributed by atoms with Crippen LogP contribution in [0.5, 0.6) is 0 Å². The van der Waals surface area contributed by atoms with E-state index in [2.05, 4.69) is 29.6 Å². The average Bonchev–Trinajstić information content (AvgIpc) is 2.63. The van der Waals surface area contributed by atoms with E-state index in [0.717, 1.165) is 19.6 Å². The monoisotopic (exact) mass is 340 g/mol. The van der Waals surface area contributed by atoms with Gasteiger partial charge in [0.1, 0.15) is 5.82 Å². The summed E-state index contributed by atoms with van der Waals surface area (Å²) in [6.45, 7) is 4.19. The van der Waals surface area contributed by atoms with Crippen molar-refractivity contribution in [3.63, 3.8) is 0 Å². The molecule has 0 aromatic heterocycles. The molecule has 0 spiro atoms. The first-order chi connectivity index (χ1) is 12.2. The van der Waals surface area contributed by atoms with Gasteiger partial charge in [-0.2, -0.15) is 0 Å². The van der Waals surface area contributed by atoms with Gasteiger partial charge in [-0.1, -0.05) is 42.5 Å². The van der Waals surface area contributed by atoms with Crippen LogP contribution in [0.2, 0.25) is 0 Å². The van der Waals surface area contributed by atoms with Crippen molar-refractivity contribution < 1.29 is 14.1 Å². The fourth-order valence-corrected chi connectivity index (χ4v) is 2.92. The number of rotatable bonds is 4. The van der Waals surface area contributed by atoms with E-state index in [1.807, 2.05) is 18.2 Å². The molecule has 4 nitrogen and oxygen atoms in total. The Morgan fingerprint density at radius 2 is 1.88 bits per heavy atom. The number of halogens is 1. The molecule has 1 fully saturated rings. The van der Waals surface area contributed by atoms with Crippen LogP contribution in [0.1, 0.15) is 5.56 Å². The highest BCUT2D eigenvalue weighted by atomic mass is 19.1. The maximum Gasteiger partial charge on any atom is 0.322 e. The standard InChI is InChI=1S/C20H22FN3O/c21-18-9-4-10-19(16-18)22-20(25)24-14-12-23(13-15-24)11-5-8-17-6-2-1-3-7-17/h1-10,16H,11-15H2,(H,22,25)/p+1/b8-5+. The second kappa shape index (κ2) is 8.44. The van der Waals surface area contributed by atoms with Crippen molar-refractivity contribution in [1.82, 2.24) is 4.90 Å². The lowest BCUT2D eigenvalue weighted by molar-refractivity contribution is -0.898. The Balaban J connectivity index is 1.43. The number of nitrogens with one attached hydrogen (secondary N) is 2.